The Labute approximate surface area is 264 Å². The molecule has 2 aromatic rings. The van der Waals surface area contributed by atoms with Gasteiger partial charge in [-0.3, -0.25) is 9.59 Å². The van der Waals surface area contributed by atoms with E-state index in [0.29, 0.717) is 29.5 Å². The fraction of sp³-hybridized carbons (Fsp3) is 0.548. The number of methoxy groups -OCH3 is 2. The van der Waals surface area contributed by atoms with Gasteiger partial charge in [-0.25, -0.2) is 22.7 Å². The van der Waals surface area contributed by atoms with Crippen molar-refractivity contribution < 1.29 is 41.8 Å². The first kappa shape index (κ1) is 36.7. The van der Waals surface area contributed by atoms with Crippen LogP contribution in [0.15, 0.2) is 34.5 Å². The third-order valence-electron chi connectivity index (χ3n) is 6.67. The number of benzene rings is 1. The van der Waals surface area contributed by atoms with Crippen LogP contribution in [0, 0.1) is 11.8 Å². The molecular formula is C31H44N2O9S2. The van der Waals surface area contributed by atoms with Crippen LogP contribution in [0.1, 0.15) is 70.7 Å². The molecule has 0 aliphatic heterocycles. The SMILES string of the molecule is CCCCOC(=O)NS(=O)(=O)c1sc(CC(C)C)cc1-c1ccc(CN(C(=O)CCC(=O)OC)[C@H](C(=O)OC)C(C)C)cc1. The second kappa shape index (κ2) is 17.1. The van der Waals surface area contributed by atoms with E-state index in [0.717, 1.165) is 22.6 Å². The third kappa shape index (κ3) is 10.6. The number of ether oxygens (including phenoxy) is 3. The van der Waals surface area contributed by atoms with Crippen LogP contribution in [0.4, 0.5) is 4.79 Å². The van der Waals surface area contributed by atoms with E-state index in [-0.39, 0.29) is 42.0 Å². The predicted molar refractivity (Wildman–Crippen MR) is 167 cm³/mol. The Hall–Kier alpha value is -3.45. The average Bonchev–Trinajstić information content (AvgIpc) is 3.39. The Morgan fingerprint density at radius 1 is 0.977 bits per heavy atom. The summed E-state index contributed by atoms with van der Waals surface area (Å²) in [7, 11) is -1.74. The summed E-state index contributed by atoms with van der Waals surface area (Å²) in [5.41, 5.74) is 1.71. The summed E-state index contributed by atoms with van der Waals surface area (Å²) in [6.45, 7) is 9.76. The first-order valence-electron chi connectivity index (χ1n) is 14.6. The molecule has 44 heavy (non-hydrogen) atoms. The van der Waals surface area contributed by atoms with Crippen molar-refractivity contribution in [1.82, 2.24) is 9.62 Å². The van der Waals surface area contributed by atoms with Gasteiger partial charge in [-0.05, 0) is 41.9 Å². The van der Waals surface area contributed by atoms with Gasteiger partial charge in [0.05, 0.1) is 27.2 Å². The zero-order valence-electron chi connectivity index (χ0n) is 26.5. The Morgan fingerprint density at radius 3 is 2.18 bits per heavy atom. The molecule has 2 amide bonds. The van der Waals surface area contributed by atoms with Gasteiger partial charge in [0.25, 0.3) is 10.0 Å². The van der Waals surface area contributed by atoms with E-state index in [1.807, 2.05) is 31.6 Å². The maximum absolute atomic E-state index is 13.3. The average molecular weight is 653 g/mol. The number of carbonyl (C=O) groups excluding carboxylic acids is 4. The van der Waals surface area contributed by atoms with Gasteiger partial charge in [0.15, 0.2) is 0 Å². The molecule has 1 atom stereocenters. The number of nitrogens with one attached hydrogen (secondary N) is 1. The molecule has 0 fully saturated rings. The molecule has 11 nitrogen and oxygen atoms in total. The highest BCUT2D eigenvalue weighted by Crippen LogP contribution is 2.36. The normalized spacial score (nSPS) is 12.1. The number of esters is 2. The number of unbranched alkanes of at least 4 members (excludes halogenated alkanes) is 1. The Bertz CT molecular complexity index is 1380. The summed E-state index contributed by atoms with van der Waals surface area (Å²) in [5, 5.41) is 0. The second-order valence-electron chi connectivity index (χ2n) is 11.1. The lowest BCUT2D eigenvalue weighted by atomic mass is 10.00. The van der Waals surface area contributed by atoms with Crippen LogP contribution in [-0.4, -0.2) is 64.1 Å². The number of hydrogen-bond acceptors (Lipinski definition) is 10. The molecule has 244 valence electrons. The fourth-order valence-corrected chi connectivity index (χ4v) is 7.33. The van der Waals surface area contributed by atoms with E-state index in [2.05, 4.69) is 4.74 Å². The number of sulfonamides is 1. The molecule has 1 N–H and O–H groups in total. The molecule has 1 aromatic carbocycles. The summed E-state index contributed by atoms with van der Waals surface area (Å²) in [6.07, 6.45) is 0.761. The number of amides is 2. The van der Waals surface area contributed by atoms with Crippen molar-refractivity contribution >= 4 is 45.3 Å². The van der Waals surface area contributed by atoms with Gasteiger partial charge in [-0.2, -0.15) is 0 Å². The maximum Gasteiger partial charge on any atom is 0.421 e. The molecule has 0 unspecified atom stereocenters. The molecule has 0 radical (unpaired) electrons. The Morgan fingerprint density at radius 2 is 1.64 bits per heavy atom. The lowest BCUT2D eigenvalue weighted by Crippen LogP contribution is -2.48. The highest BCUT2D eigenvalue weighted by Gasteiger charge is 2.33. The van der Waals surface area contributed by atoms with Gasteiger partial charge in [-0.1, -0.05) is 65.3 Å². The monoisotopic (exact) mass is 652 g/mol. The molecule has 1 aromatic heterocycles. The van der Waals surface area contributed by atoms with E-state index in [1.54, 1.807) is 38.1 Å². The van der Waals surface area contributed by atoms with Crippen LogP contribution < -0.4 is 4.72 Å². The van der Waals surface area contributed by atoms with Gasteiger partial charge in [-0.15, -0.1) is 11.3 Å². The van der Waals surface area contributed by atoms with Gasteiger partial charge in [0.2, 0.25) is 5.91 Å². The molecule has 2 rings (SSSR count). The highest BCUT2D eigenvalue weighted by atomic mass is 32.2. The topological polar surface area (TPSA) is 145 Å². The van der Waals surface area contributed by atoms with Crippen molar-refractivity contribution in [3.8, 4) is 11.1 Å². The van der Waals surface area contributed by atoms with E-state index in [4.69, 9.17) is 9.47 Å². The molecule has 0 aliphatic carbocycles. The quantitative estimate of drug-likeness (QED) is 0.145. The van der Waals surface area contributed by atoms with Crippen molar-refractivity contribution in [2.24, 2.45) is 11.8 Å². The summed E-state index contributed by atoms with van der Waals surface area (Å²) in [5.74, 6) is -1.52. The third-order valence-corrected chi connectivity index (χ3v) is 9.67. The molecule has 0 aliphatic rings. The van der Waals surface area contributed by atoms with Crippen LogP contribution in [0.25, 0.3) is 11.1 Å². The van der Waals surface area contributed by atoms with Gasteiger partial charge < -0.3 is 19.1 Å². The van der Waals surface area contributed by atoms with Gasteiger partial charge in [0, 0.05) is 23.4 Å². The summed E-state index contributed by atoms with van der Waals surface area (Å²) >= 11 is 1.10. The summed E-state index contributed by atoms with van der Waals surface area (Å²) < 4.78 is 43.3. The van der Waals surface area contributed by atoms with E-state index in [1.165, 1.54) is 19.1 Å². The number of rotatable bonds is 16. The molecule has 13 heteroatoms. The maximum atomic E-state index is 13.3. The molecule has 0 bridgehead atoms. The standard InChI is InChI=1S/C31H44N2O9S2/c1-8-9-16-42-31(37)32-44(38,39)30-25(18-24(43-30)17-20(2)3)23-12-10-22(11-13-23)19-33(26(34)14-15-27(35)40-6)28(21(4)5)29(36)41-7/h10-13,18,20-21,28H,8-9,14-17,19H2,1-7H3,(H,32,37)/t28-/m0/s1. The highest BCUT2D eigenvalue weighted by molar-refractivity contribution is 7.92. The summed E-state index contributed by atoms with van der Waals surface area (Å²) in [4.78, 5) is 52.1. The smallest absolute Gasteiger partial charge is 0.421 e. The zero-order valence-corrected chi connectivity index (χ0v) is 28.1. The predicted octanol–water partition coefficient (Wildman–Crippen LogP) is 5.31. The van der Waals surface area contributed by atoms with Crippen molar-refractivity contribution in [2.45, 2.75) is 83.5 Å². The number of hydrogen-bond donors (Lipinski definition) is 1. The summed E-state index contributed by atoms with van der Waals surface area (Å²) in [6, 6.07) is 7.87. The van der Waals surface area contributed by atoms with Gasteiger partial charge in [0.1, 0.15) is 10.3 Å². The van der Waals surface area contributed by atoms with E-state index >= 15 is 0 Å². The van der Waals surface area contributed by atoms with Crippen LogP contribution in [-0.2, 0) is 51.6 Å². The van der Waals surface area contributed by atoms with Crippen molar-refractivity contribution in [1.29, 1.82) is 0 Å². The number of carbonyl (C=O) groups is 4. The zero-order chi connectivity index (χ0) is 33.0. The Kier molecular flexibility index (Phi) is 14.3. The first-order chi connectivity index (χ1) is 20.7. The lowest BCUT2D eigenvalue weighted by Gasteiger charge is -2.32. The van der Waals surface area contributed by atoms with Crippen LogP contribution in [0.3, 0.4) is 0 Å². The molecular weight excluding hydrogens is 608 g/mol. The second-order valence-corrected chi connectivity index (χ2v) is 14.1. The van der Waals surface area contributed by atoms with Crippen LogP contribution in [0.5, 0.6) is 0 Å². The fourth-order valence-electron chi connectivity index (χ4n) is 4.48. The lowest BCUT2D eigenvalue weighted by molar-refractivity contribution is -0.156. The molecule has 0 saturated heterocycles. The largest absolute Gasteiger partial charge is 0.469 e. The molecule has 0 spiro atoms. The number of thiophene rings is 1. The van der Waals surface area contributed by atoms with E-state index < -0.39 is 40.0 Å². The van der Waals surface area contributed by atoms with Crippen molar-refractivity contribution in [3.05, 3.63) is 40.8 Å². The minimum absolute atomic E-state index is 0.00137. The minimum atomic E-state index is -4.23. The van der Waals surface area contributed by atoms with Crippen molar-refractivity contribution in [2.75, 3.05) is 20.8 Å². The van der Waals surface area contributed by atoms with Crippen LogP contribution >= 0.6 is 11.3 Å². The Balaban J connectivity index is 2.44. The van der Waals surface area contributed by atoms with Gasteiger partial charge >= 0.3 is 18.0 Å². The molecule has 1 heterocycles. The minimum Gasteiger partial charge on any atom is -0.469 e. The first-order valence-corrected chi connectivity index (χ1v) is 16.9. The molecule has 0 saturated carbocycles. The van der Waals surface area contributed by atoms with Crippen LogP contribution in [0.2, 0.25) is 0 Å². The van der Waals surface area contributed by atoms with Crippen molar-refractivity contribution in [3.63, 3.8) is 0 Å². The number of nitrogens with zero attached hydrogens (tertiary/aromatic N) is 1. The van der Waals surface area contributed by atoms with E-state index in [9.17, 15) is 27.6 Å².